The molecular formula is C10H13NO2. The minimum atomic E-state index is -0.0483. The normalized spacial score (nSPS) is 21.2. The fraction of sp³-hybridized carbons (Fsp3) is 0.400. The minimum Gasteiger partial charge on any atom is -0.504 e. The Hall–Kier alpha value is -1.22. The highest BCUT2D eigenvalue weighted by molar-refractivity contribution is 5.50. The maximum Gasteiger partial charge on any atom is 0.161 e. The molecule has 13 heavy (non-hydrogen) atoms. The van der Waals surface area contributed by atoms with Crippen LogP contribution in [-0.4, -0.2) is 10.2 Å². The van der Waals surface area contributed by atoms with Crippen molar-refractivity contribution >= 4 is 0 Å². The highest BCUT2D eigenvalue weighted by Gasteiger charge is 2.20. The fourth-order valence-electron chi connectivity index (χ4n) is 1.90. The van der Waals surface area contributed by atoms with Gasteiger partial charge in [0.25, 0.3) is 0 Å². The Morgan fingerprint density at radius 2 is 2.08 bits per heavy atom. The van der Waals surface area contributed by atoms with Crippen LogP contribution < -0.4 is 5.73 Å². The van der Waals surface area contributed by atoms with Crippen LogP contribution in [0.5, 0.6) is 11.5 Å². The average molecular weight is 179 g/mol. The number of phenolic OH excluding ortho intramolecular Hbond substituents is 2. The molecule has 0 aromatic heterocycles. The van der Waals surface area contributed by atoms with E-state index >= 15 is 0 Å². The first-order valence-electron chi connectivity index (χ1n) is 4.49. The van der Waals surface area contributed by atoms with Gasteiger partial charge in [-0.2, -0.15) is 0 Å². The first-order valence-corrected chi connectivity index (χ1v) is 4.49. The zero-order valence-electron chi connectivity index (χ0n) is 7.33. The van der Waals surface area contributed by atoms with Crippen molar-refractivity contribution in [1.29, 1.82) is 0 Å². The third-order valence-corrected chi connectivity index (χ3v) is 2.64. The summed E-state index contributed by atoms with van der Waals surface area (Å²) >= 11 is 0. The van der Waals surface area contributed by atoms with E-state index in [4.69, 9.17) is 5.73 Å². The Balaban J connectivity index is 2.56. The Labute approximate surface area is 76.8 Å². The molecule has 1 aliphatic rings. The molecule has 70 valence electrons. The van der Waals surface area contributed by atoms with Gasteiger partial charge in [-0.1, -0.05) is 6.07 Å². The summed E-state index contributed by atoms with van der Waals surface area (Å²) in [5.41, 5.74) is 7.66. The zero-order valence-corrected chi connectivity index (χ0v) is 7.33. The standard InChI is InChI=1S/C10H13NO2/c11-8-3-1-2-7-6(8)4-5-9(12)10(7)13/h4-5,8,12-13H,1-3,11H2. The predicted molar refractivity (Wildman–Crippen MR) is 49.6 cm³/mol. The van der Waals surface area contributed by atoms with Crippen molar-refractivity contribution in [3.8, 4) is 11.5 Å². The third-order valence-electron chi connectivity index (χ3n) is 2.64. The highest BCUT2D eigenvalue weighted by atomic mass is 16.3. The van der Waals surface area contributed by atoms with Crippen LogP contribution in [0.15, 0.2) is 12.1 Å². The summed E-state index contributed by atoms with van der Waals surface area (Å²) in [5, 5.41) is 18.8. The number of nitrogens with two attached hydrogens (primary N) is 1. The van der Waals surface area contributed by atoms with Gasteiger partial charge in [-0.05, 0) is 30.9 Å². The summed E-state index contributed by atoms with van der Waals surface area (Å²) in [7, 11) is 0. The Morgan fingerprint density at radius 1 is 1.31 bits per heavy atom. The number of fused-ring (bicyclic) bond motifs is 1. The number of rotatable bonds is 0. The molecule has 1 aromatic carbocycles. The highest BCUT2D eigenvalue weighted by Crippen LogP contribution is 2.38. The second kappa shape index (κ2) is 2.92. The molecule has 0 heterocycles. The predicted octanol–water partition coefficient (Wildman–Crippen LogP) is 1.43. The summed E-state index contributed by atoms with van der Waals surface area (Å²) in [4.78, 5) is 0. The molecule has 1 atom stereocenters. The molecule has 0 spiro atoms. The van der Waals surface area contributed by atoms with Crippen LogP contribution in [-0.2, 0) is 6.42 Å². The van der Waals surface area contributed by atoms with Crippen LogP contribution in [0.1, 0.15) is 30.0 Å². The number of hydrogen-bond donors (Lipinski definition) is 3. The van der Waals surface area contributed by atoms with Crippen LogP contribution >= 0.6 is 0 Å². The lowest BCUT2D eigenvalue weighted by molar-refractivity contribution is 0.393. The quantitative estimate of drug-likeness (QED) is 0.528. The first-order chi connectivity index (χ1) is 6.20. The molecule has 1 unspecified atom stereocenters. The maximum atomic E-state index is 9.56. The Kier molecular flexibility index (Phi) is 1.88. The van der Waals surface area contributed by atoms with Gasteiger partial charge in [-0.3, -0.25) is 0 Å². The zero-order chi connectivity index (χ0) is 9.42. The van der Waals surface area contributed by atoms with Gasteiger partial charge in [0.15, 0.2) is 11.5 Å². The van der Waals surface area contributed by atoms with Gasteiger partial charge >= 0.3 is 0 Å². The molecule has 3 nitrogen and oxygen atoms in total. The summed E-state index contributed by atoms with van der Waals surface area (Å²) in [6.45, 7) is 0. The molecule has 0 saturated heterocycles. The molecule has 1 aliphatic carbocycles. The molecule has 0 fully saturated rings. The van der Waals surface area contributed by atoms with Gasteiger partial charge in [0.05, 0.1) is 0 Å². The van der Waals surface area contributed by atoms with Crippen LogP contribution in [0.4, 0.5) is 0 Å². The summed E-state index contributed by atoms with van der Waals surface area (Å²) < 4.78 is 0. The van der Waals surface area contributed by atoms with Gasteiger partial charge in [0.2, 0.25) is 0 Å². The van der Waals surface area contributed by atoms with Crippen molar-refractivity contribution in [2.45, 2.75) is 25.3 Å². The van der Waals surface area contributed by atoms with E-state index in [2.05, 4.69) is 0 Å². The lowest BCUT2D eigenvalue weighted by Gasteiger charge is -2.22. The molecule has 0 bridgehead atoms. The van der Waals surface area contributed by atoms with E-state index < -0.39 is 0 Å². The van der Waals surface area contributed by atoms with Gasteiger partial charge < -0.3 is 15.9 Å². The van der Waals surface area contributed by atoms with E-state index in [1.165, 1.54) is 6.07 Å². The van der Waals surface area contributed by atoms with Crippen molar-refractivity contribution in [3.05, 3.63) is 23.3 Å². The summed E-state index contributed by atoms with van der Waals surface area (Å²) in [6, 6.07) is 3.31. The first kappa shape index (κ1) is 8.38. The average Bonchev–Trinajstić information content (AvgIpc) is 2.12. The van der Waals surface area contributed by atoms with Crippen LogP contribution in [0.25, 0.3) is 0 Å². The number of aromatic hydroxyl groups is 2. The van der Waals surface area contributed by atoms with Gasteiger partial charge in [0.1, 0.15) is 0 Å². The van der Waals surface area contributed by atoms with E-state index in [-0.39, 0.29) is 17.5 Å². The second-order valence-corrected chi connectivity index (χ2v) is 3.50. The topological polar surface area (TPSA) is 66.5 Å². The molecule has 3 heteroatoms. The minimum absolute atomic E-state index is 0.00708. The van der Waals surface area contributed by atoms with Crippen molar-refractivity contribution in [1.82, 2.24) is 0 Å². The SMILES string of the molecule is NC1CCCc2c1ccc(O)c2O. The largest absolute Gasteiger partial charge is 0.504 e. The molecule has 0 aliphatic heterocycles. The van der Waals surface area contributed by atoms with E-state index in [9.17, 15) is 10.2 Å². The molecule has 0 radical (unpaired) electrons. The molecule has 2 rings (SSSR count). The van der Waals surface area contributed by atoms with Crippen LogP contribution in [0.3, 0.4) is 0 Å². The lowest BCUT2D eigenvalue weighted by Crippen LogP contribution is -2.17. The molecule has 0 saturated carbocycles. The molecular weight excluding hydrogens is 166 g/mol. The van der Waals surface area contributed by atoms with Crippen LogP contribution in [0, 0.1) is 0 Å². The van der Waals surface area contributed by atoms with Crippen molar-refractivity contribution in [3.63, 3.8) is 0 Å². The van der Waals surface area contributed by atoms with Gasteiger partial charge in [-0.25, -0.2) is 0 Å². The monoisotopic (exact) mass is 179 g/mol. The van der Waals surface area contributed by atoms with Crippen LogP contribution in [0.2, 0.25) is 0 Å². The smallest absolute Gasteiger partial charge is 0.161 e. The summed E-state index contributed by atoms with van der Waals surface area (Å²) in [5.74, 6) is -0.0412. The second-order valence-electron chi connectivity index (χ2n) is 3.50. The maximum absolute atomic E-state index is 9.56. The molecule has 0 amide bonds. The number of benzene rings is 1. The Bertz CT molecular complexity index is 336. The van der Waals surface area contributed by atoms with E-state index in [1.54, 1.807) is 6.07 Å². The number of hydrogen-bond acceptors (Lipinski definition) is 3. The Morgan fingerprint density at radius 3 is 2.85 bits per heavy atom. The number of phenols is 2. The van der Waals surface area contributed by atoms with Crippen molar-refractivity contribution < 1.29 is 10.2 Å². The van der Waals surface area contributed by atoms with Gasteiger partial charge in [0, 0.05) is 11.6 Å². The van der Waals surface area contributed by atoms with Crippen molar-refractivity contribution in [2.75, 3.05) is 0 Å². The lowest BCUT2D eigenvalue weighted by atomic mass is 9.87. The molecule has 4 N–H and O–H groups in total. The van der Waals surface area contributed by atoms with E-state index in [1.807, 2.05) is 0 Å². The third kappa shape index (κ3) is 1.25. The van der Waals surface area contributed by atoms with Gasteiger partial charge in [-0.15, -0.1) is 0 Å². The fourth-order valence-corrected chi connectivity index (χ4v) is 1.90. The molecule has 1 aromatic rings. The van der Waals surface area contributed by atoms with E-state index in [0.29, 0.717) is 0 Å². The summed E-state index contributed by atoms with van der Waals surface area (Å²) in [6.07, 6.45) is 2.74. The van der Waals surface area contributed by atoms with E-state index in [0.717, 1.165) is 30.4 Å². The van der Waals surface area contributed by atoms with Crippen molar-refractivity contribution in [2.24, 2.45) is 5.73 Å².